The molecule has 0 radical (unpaired) electrons. The fourth-order valence-corrected chi connectivity index (χ4v) is 1.52. The van der Waals surface area contributed by atoms with Gasteiger partial charge < -0.3 is 11.1 Å². The number of pyridine rings is 1. The molecule has 0 aliphatic carbocycles. The molecule has 0 saturated carbocycles. The van der Waals surface area contributed by atoms with Gasteiger partial charge in [-0.25, -0.2) is 4.39 Å². The SMILES string of the molecule is NC(=O)c1ccc(F)cc1NC(=O)c1ccccn1. The van der Waals surface area contributed by atoms with E-state index >= 15 is 0 Å². The van der Waals surface area contributed by atoms with Gasteiger partial charge >= 0.3 is 0 Å². The minimum atomic E-state index is -0.753. The van der Waals surface area contributed by atoms with Crippen molar-refractivity contribution in [2.75, 3.05) is 5.32 Å². The highest BCUT2D eigenvalue weighted by Gasteiger charge is 2.13. The minimum Gasteiger partial charge on any atom is -0.366 e. The van der Waals surface area contributed by atoms with Crippen LogP contribution in [0.15, 0.2) is 42.6 Å². The number of nitrogens with one attached hydrogen (secondary N) is 1. The van der Waals surface area contributed by atoms with Crippen LogP contribution in [0.4, 0.5) is 10.1 Å². The predicted molar refractivity (Wildman–Crippen MR) is 67.1 cm³/mol. The first-order chi connectivity index (χ1) is 9.08. The molecular formula is C13H10FN3O2. The summed E-state index contributed by atoms with van der Waals surface area (Å²) in [5.41, 5.74) is 5.36. The monoisotopic (exact) mass is 259 g/mol. The molecule has 3 N–H and O–H groups in total. The number of aromatic nitrogens is 1. The summed E-state index contributed by atoms with van der Waals surface area (Å²) < 4.78 is 13.1. The van der Waals surface area contributed by atoms with E-state index in [1.807, 2.05) is 0 Å². The first-order valence-electron chi connectivity index (χ1n) is 5.39. The van der Waals surface area contributed by atoms with Gasteiger partial charge in [-0.15, -0.1) is 0 Å². The van der Waals surface area contributed by atoms with E-state index < -0.39 is 17.6 Å². The Morgan fingerprint density at radius 1 is 1.21 bits per heavy atom. The fourth-order valence-electron chi connectivity index (χ4n) is 1.52. The first-order valence-corrected chi connectivity index (χ1v) is 5.39. The second kappa shape index (κ2) is 5.26. The minimum absolute atomic E-state index is 0.0168. The molecule has 0 unspecified atom stereocenters. The molecule has 0 aliphatic rings. The number of carbonyl (C=O) groups is 2. The third kappa shape index (κ3) is 2.92. The van der Waals surface area contributed by atoms with E-state index in [0.717, 1.165) is 12.1 Å². The molecule has 0 fully saturated rings. The lowest BCUT2D eigenvalue weighted by Gasteiger charge is -2.08. The maximum atomic E-state index is 13.1. The number of anilines is 1. The van der Waals surface area contributed by atoms with E-state index in [2.05, 4.69) is 10.3 Å². The summed E-state index contributed by atoms with van der Waals surface area (Å²) in [4.78, 5) is 26.9. The van der Waals surface area contributed by atoms with E-state index in [1.165, 1.54) is 18.3 Å². The number of carbonyl (C=O) groups excluding carboxylic acids is 2. The molecule has 0 saturated heterocycles. The third-order valence-corrected chi connectivity index (χ3v) is 2.39. The molecule has 0 bridgehead atoms. The van der Waals surface area contributed by atoms with Crippen LogP contribution in [0.25, 0.3) is 0 Å². The Morgan fingerprint density at radius 2 is 2.00 bits per heavy atom. The number of hydrogen-bond acceptors (Lipinski definition) is 3. The molecular weight excluding hydrogens is 249 g/mol. The lowest BCUT2D eigenvalue weighted by atomic mass is 10.1. The van der Waals surface area contributed by atoms with Crippen molar-refractivity contribution in [1.29, 1.82) is 0 Å². The standard InChI is InChI=1S/C13H10FN3O2/c14-8-4-5-9(12(15)18)11(7-8)17-13(19)10-3-1-2-6-16-10/h1-7H,(H2,15,18)(H,17,19). The van der Waals surface area contributed by atoms with Gasteiger partial charge in [0.05, 0.1) is 11.3 Å². The highest BCUT2D eigenvalue weighted by atomic mass is 19.1. The molecule has 2 amide bonds. The molecule has 0 atom stereocenters. The molecule has 1 heterocycles. The van der Waals surface area contributed by atoms with Crippen LogP contribution in [-0.4, -0.2) is 16.8 Å². The van der Waals surface area contributed by atoms with E-state index in [-0.39, 0.29) is 16.9 Å². The highest BCUT2D eigenvalue weighted by Crippen LogP contribution is 2.17. The molecule has 0 aliphatic heterocycles. The van der Waals surface area contributed by atoms with Gasteiger partial charge in [0.15, 0.2) is 0 Å². The first kappa shape index (κ1) is 12.7. The number of benzene rings is 1. The zero-order valence-electron chi connectivity index (χ0n) is 9.76. The number of nitrogens with zero attached hydrogens (tertiary/aromatic N) is 1. The Hall–Kier alpha value is -2.76. The van der Waals surface area contributed by atoms with E-state index in [4.69, 9.17) is 5.73 Å². The van der Waals surface area contributed by atoms with Crippen LogP contribution < -0.4 is 11.1 Å². The van der Waals surface area contributed by atoms with Crippen LogP contribution in [0, 0.1) is 5.82 Å². The van der Waals surface area contributed by atoms with Gasteiger partial charge in [-0.05, 0) is 30.3 Å². The summed E-state index contributed by atoms with van der Waals surface area (Å²) in [6.07, 6.45) is 1.45. The predicted octanol–water partition coefficient (Wildman–Crippen LogP) is 1.57. The van der Waals surface area contributed by atoms with Crippen LogP contribution in [0.1, 0.15) is 20.8 Å². The Bertz CT molecular complexity index is 629. The number of hydrogen-bond donors (Lipinski definition) is 2. The van der Waals surface area contributed by atoms with Gasteiger partial charge in [0.25, 0.3) is 11.8 Å². The molecule has 5 nitrogen and oxygen atoms in total. The number of primary amides is 1. The molecule has 6 heteroatoms. The normalized spacial score (nSPS) is 9.95. The van der Waals surface area contributed by atoms with Gasteiger partial charge in [-0.2, -0.15) is 0 Å². The van der Waals surface area contributed by atoms with E-state index in [1.54, 1.807) is 12.1 Å². The van der Waals surface area contributed by atoms with Gasteiger partial charge in [-0.3, -0.25) is 14.6 Å². The summed E-state index contributed by atoms with van der Waals surface area (Å²) in [6, 6.07) is 8.14. The molecule has 1 aromatic carbocycles. The number of nitrogens with two attached hydrogens (primary N) is 1. The summed E-state index contributed by atoms with van der Waals surface area (Å²) in [5.74, 6) is -1.88. The Kier molecular flexibility index (Phi) is 3.51. The quantitative estimate of drug-likeness (QED) is 0.877. The molecule has 0 spiro atoms. The van der Waals surface area contributed by atoms with E-state index in [0.29, 0.717) is 0 Å². The van der Waals surface area contributed by atoms with Crippen LogP contribution in [0.5, 0.6) is 0 Å². The van der Waals surface area contributed by atoms with Crippen molar-refractivity contribution >= 4 is 17.5 Å². The lowest BCUT2D eigenvalue weighted by Crippen LogP contribution is -2.19. The summed E-state index contributed by atoms with van der Waals surface area (Å²) >= 11 is 0. The molecule has 96 valence electrons. The zero-order valence-corrected chi connectivity index (χ0v) is 9.76. The number of amides is 2. The molecule has 19 heavy (non-hydrogen) atoms. The Morgan fingerprint density at radius 3 is 2.63 bits per heavy atom. The largest absolute Gasteiger partial charge is 0.366 e. The van der Waals surface area contributed by atoms with Crippen LogP contribution in [0.3, 0.4) is 0 Å². The Labute approximate surface area is 108 Å². The molecule has 2 rings (SSSR count). The number of rotatable bonds is 3. The van der Waals surface area contributed by atoms with Crippen LogP contribution in [-0.2, 0) is 0 Å². The maximum Gasteiger partial charge on any atom is 0.274 e. The van der Waals surface area contributed by atoms with Crippen molar-refractivity contribution in [2.45, 2.75) is 0 Å². The smallest absolute Gasteiger partial charge is 0.274 e. The van der Waals surface area contributed by atoms with Gasteiger partial charge in [-0.1, -0.05) is 6.07 Å². The average molecular weight is 259 g/mol. The van der Waals surface area contributed by atoms with Gasteiger partial charge in [0.1, 0.15) is 11.5 Å². The lowest BCUT2D eigenvalue weighted by molar-refractivity contribution is 0.100. The van der Waals surface area contributed by atoms with Crippen LogP contribution in [0.2, 0.25) is 0 Å². The molecule has 1 aromatic heterocycles. The van der Waals surface area contributed by atoms with Crippen molar-refractivity contribution in [3.8, 4) is 0 Å². The van der Waals surface area contributed by atoms with Crippen molar-refractivity contribution in [2.24, 2.45) is 5.73 Å². The van der Waals surface area contributed by atoms with Gasteiger partial charge in [0, 0.05) is 6.20 Å². The topological polar surface area (TPSA) is 85.1 Å². The molecule has 2 aromatic rings. The van der Waals surface area contributed by atoms with Gasteiger partial charge in [0.2, 0.25) is 0 Å². The van der Waals surface area contributed by atoms with Crippen molar-refractivity contribution in [3.05, 3.63) is 59.7 Å². The summed E-state index contributed by atoms with van der Waals surface area (Å²) in [6.45, 7) is 0. The van der Waals surface area contributed by atoms with Crippen molar-refractivity contribution < 1.29 is 14.0 Å². The number of halogens is 1. The summed E-state index contributed by atoms with van der Waals surface area (Å²) in [5, 5.41) is 2.41. The second-order valence-electron chi connectivity index (χ2n) is 3.72. The fraction of sp³-hybridized carbons (Fsp3) is 0. The maximum absolute atomic E-state index is 13.1. The van der Waals surface area contributed by atoms with Crippen molar-refractivity contribution in [3.63, 3.8) is 0 Å². The highest BCUT2D eigenvalue weighted by molar-refractivity contribution is 6.07. The Balaban J connectivity index is 2.31. The third-order valence-electron chi connectivity index (χ3n) is 2.39. The summed E-state index contributed by atoms with van der Waals surface area (Å²) in [7, 11) is 0. The van der Waals surface area contributed by atoms with Crippen LogP contribution >= 0.6 is 0 Å². The zero-order chi connectivity index (χ0) is 13.8. The van der Waals surface area contributed by atoms with E-state index in [9.17, 15) is 14.0 Å². The second-order valence-corrected chi connectivity index (χ2v) is 3.72. The average Bonchev–Trinajstić information content (AvgIpc) is 2.39. The van der Waals surface area contributed by atoms with Crippen molar-refractivity contribution in [1.82, 2.24) is 4.98 Å².